The van der Waals surface area contributed by atoms with Gasteiger partial charge in [0.15, 0.2) is 9.84 Å². The van der Waals surface area contributed by atoms with E-state index in [1.54, 1.807) is 0 Å². The number of aromatic nitrogens is 4. The topological polar surface area (TPSA) is 77.2 Å². The summed E-state index contributed by atoms with van der Waals surface area (Å²) in [5.74, 6) is -0.154. The SMILES string of the molecule is CCS(=O)(=O)c1cccnc1-c1cnc2sc(C(F)(F)F)nn12. The summed E-state index contributed by atoms with van der Waals surface area (Å²) in [4.78, 5) is 7.81. The Labute approximate surface area is 132 Å². The molecule has 6 nitrogen and oxygen atoms in total. The van der Waals surface area contributed by atoms with E-state index in [0.717, 1.165) is 4.52 Å². The highest BCUT2D eigenvalue weighted by Crippen LogP contribution is 2.34. The Morgan fingerprint density at radius 2 is 2.04 bits per heavy atom. The van der Waals surface area contributed by atoms with Crippen LogP contribution in [-0.4, -0.2) is 33.8 Å². The number of sulfone groups is 1. The second-order valence-electron chi connectivity index (χ2n) is 4.50. The van der Waals surface area contributed by atoms with E-state index in [0.29, 0.717) is 11.3 Å². The molecule has 0 aromatic carbocycles. The lowest BCUT2D eigenvalue weighted by Crippen LogP contribution is -2.08. The Morgan fingerprint density at radius 3 is 2.70 bits per heavy atom. The van der Waals surface area contributed by atoms with Crippen LogP contribution in [0.2, 0.25) is 0 Å². The molecule has 0 atom stereocenters. The smallest absolute Gasteiger partial charge is 0.253 e. The highest BCUT2D eigenvalue weighted by Gasteiger charge is 2.36. The second kappa shape index (κ2) is 5.27. The van der Waals surface area contributed by atoms with E-state index in [1.165, 1.54) is 31.5 Å². The van der Waals surface area contributed by atoms with Gasteiger partial charge in [0.05, 0.1) is 16.8 Å². The van der Waals surface area contributed by atoms with Crippen LogP contribution in [0.3, 0.4) is 0 Å². The van der Waals surface area contributed by atoms with Gasteiger partial charge in [-0.25, -0.2) is 17.9 Å². The highest BCUT2D eigenvalue weighted by molar-refractivity contribution is 7.91. The Hall–Kier alpha value is -2.01. The van der Waals surface area contributed by atoms with Gasteiger partial charge in [0.2, 0.25) is 9.97 Å². The maximum absolute atomic E-state index is 12.8. The van der Waals surface area contributed by atoms with Crippen molar-refractivity contribution in [1.29, 1.82) is 0 Å². The molecule has 0 aliphatic carbocycles. The summed E-state index contributed by atoms with van der Waals surface area (Å²) in [6, 6.07) is 2.81. The molecule has 3 rings (SSSR count). The van der Waals surface area contributed by atoms with E-state index >= 15 is 0 Å². The van der Waals surface area contributed by atoms with Crippen molar-refractivity contribution in [3.8, 4) is 11.4 Å². The van der Waals surface area contributed by atoms with Crippen molar-refractivity contribution in [3.63, 3.8) is 0 Å². The summed E-state index contributed by atoms with van der Waals surface area (Å²) in [5, 5.41) is 2.42. The summed E-state index contributed by atoms with van der Waals surface area (Å²) in [6.07, 6.45) is -1.97. The molecule has 3 heterocycles. The lowest BCUT2D eigenvalue weighted by molar-refractivity contribution is -0.138. The van der Waals surface area contributed by atoms with Crippen molar-refractivity contribution < 1.29 is 21.6 Å². The van der Waals surface area contributed by atoms with Gasteiger partial charge >= 0.3 is 6.18 Å². The van der Waals surface area contributed by atoms with Gasteiger partial charge in [-0.05, 0) is 12.1 Å². The number of pyridine rings is 1. The quantitative estimate of drug-likeness (QED) is 0.716. The maximum atomic E-state index is 12.8. The van der Waals surface area contributed by atoms with Crippen molar-refractivity contribution in [2.45, 2.75) is 18.0 Å². The predicted molar refractivity (Wildman–Crippen MR) is 76.8 cm³/mol. The zero-order chi connectivity index (χ0) is 16.8. The van der Waals surface area contributed by atoms with Gasteiger partial charge in [0, 0.05) is 6.20 Å². The molecule has 0 fully saturated rings. The largest absolute Gasteiger partial charge is 0.445 e. The molecular formula is C12H9F3N4O2S2. The third-order valence-corrected chi connectivity index (χ3v) is 5.78. The molecule has 0 saturated heterocycles. The fourth-order valence-corrected chi connectivity index (χ4v) is 3.75. The zero-order valence-corrected chi connectivity index (χ0v) is 13.2. The number of nitrogens with zero attached hydrogens (tertiary/aromatic N) is 4. The van der Waals surface area contributed by atoms with Crippen LogP contribution in [0.1, 0.15) is 11.9 Å². The number of hydrogen-bond acceptors (Lipinski definition) is 6. The summed E-state index contributed by atoms with van der Waals surface area (Å²) in [5.41, 5.74) is 0.125. The summed E-state index contributed by atoms with van der Waals surface area (Å²) < 4.78 is 63.5. The minimum absolute atomic E-state index is 0.0119. The molecule has 0 bridgehead atoms. The zero-order valence-electron chi connectivity index (χ0n) is 11.6. The third-order valence-electron chi connectivity index (χ3n) is 3.06. The standard InChI is InChI=1S/C12H9F3N4O2S2/c1-2-23(20,21)8-4-3-5-16-9(8)7-6-17-11-19(7)18-10(22-11)12(13,14)15/h3-6H,2H2,1H3. The van der Waals surface area contributed by atoms with E-state index in [4.69, 9.17) is 0 Å². The summed E-state index contributed by atoms with van der Waals surface area (Å²) in [6.45, 7) is 1.47. The van der Waals surface area contributed by atoms with Crippen molar-refractivity contribution >= 4 is 26.1 Å². The minimum atomic E-state index is -4.59. The molecule has 0 saturated carbocycles. The molecule has 122 valence electrons. The lowest BCUT2D eigenvalue weighted by atomic mass is 10.3. The Kier molecular flexibility index (Phi) is 3.64. The van der Waals surface area contributed by atoms with Crippen LogP contribution < -0.4 is 0 Å². The van der Waals surface area contributed by atoms with E-state index in [9.17, 15) is 21.6 Å². The van der Waals surface area contributed by atoms with Crippen LogP contribution >= 0.6 is 11.3 Å². The van der Waals surface area contributed by atoms with Crippen LogP contribution in [0.15, 0.2) is 29.4 Å². The molecule has 3 aromatic rings. The van der Waals surface area contributed by atoms with E-state index in [-0.39, 0.29) is 27.0 Å². The first-order valence-corrected chi connectivity index (χ1v) is 8.81. The lowest BCUT2D eigenvalue weighted by Gasteiger charge is -2.06. The normalized spacial score (nSPS) is 12.9. The van der Waals surface area contributed by atoms with E-state index in [2.05, 4.69) is 15.1 Å². The average Bonchev–Trinajstić information content (AvgIpc) is 3.07. The fourth-order valence-electron chi connectivity index (χ4n) is 1.96. The second-order valence-corrected chi connectivity index (χ2v) is 7.70. The molecule has 0 radical (unpaired) electrons. The summed E-state index contributed by atoms with van der Waals surface area (Å²) >= 11 is 0.377. The van der Waals surface area contributed by atoms with Crippen LogP contribution in [0.5, 0.6) is 0 Å². The molecule has 0 unspecified atom stereocenters. The number of hydrogen-bond donors (Lipinski definition) is 0. The third kappa shape index (κ3) is 2.70. The van der Waals surface area contributed by atoms with Gasteiger partial charge in [-0.1, -0.05) is 18.3 Å². The molecule has 0 N–H and O–H groups in total. The molecule has 0 spiro atoms. The van der Waals surface area contributed by atoms with Crippen LogP contribution in [0.4, 0.5) is 13.2 Å². The van der Waals surface area contributed by atoms with Gasteiger partial charge in [0.25, 0.3) is 0 Å². The van der Waals surface area contributed by atoms with Crippen molar-refractivity contribution in [2.24, 2.45) is 0 Å². The first-order chi connectivity index (χ1) is 10.7. The Morgan fingerprint density at radius 1 is 1.30 bits per heavy atom. The van der Waals surface area contributed by atoms with Crippen LogP contribution in [-0.2, 0) is 16.0 Å². The van der Waals surface area contributed by atoms with Crippen molar-refractivity contribution in [2.75, 3.05) is 5.75 Å². The van der Waals surface area contributed by atoms with Crippen molar-refractivity contribution in [3.05, 3.63) is 29.5 Å². The average molecular weight is 362 g/mol. The number of alkyl halides is 3. The predicted octanol–water partition coefficient (Wildman–Crippen LogP) is 2.67. The fraction of sp³-hybridized carbons (Fsp3) is 0.250. The maximum Gasteiger partial charge on any atom is 0.445 e. The van der Waals surface area contributed by atoms with Gasteiger partial charge in [-0.15, -0.1) is 5.10 Å². The van der Waals surface area contributed by atoms with E-state index in [1.807, 2.05) is 0 Å². The number of rotatable bonds is 3. The summed E-state index contributed by atoms with van der Waals surface area (Å²) in [7, 11) is -3.60. The van der Waals surface area contributed by atoms with Gasteiger partial charge in [-0.3, -0.25) is 4.98 Å². The first-order valence-electron chi connectivity index (χ1n) is 6.34. The number of imidazole rings is 1. The van der Waals surface area contributed by atoms with Gasteiger partial charge in [0.1, 0.15) is 11.4 Å². The van der Waals surface area contributed by atoms with Crippen LogP contribution in [0, 0.1) is 0 Å². The van der Waals surface area contributed by atoms with E-state index < -0.39 is 21.0 Å². The highest BCUT2D eigenvalue weighted by atomic mass is 32.2. The molecule has 11 heteroatoms. The van der Waals surface area contributed by atoms with Gasteiger partial charge in [-0.2, -0.15) is 13.2 Å². The monoisotopic (exact) mass is 362 g/mol. The molecular weight excluding hydrogens is 353 g/mol. The van der Waals surface area contributed by atoms with Crippen molar-refractivity contribution in [1.82, 2.24) is 19.6 Å². The molecule has 0 aliphatic rings. The number of halogens is 3. The molecule has 0 aliphatic heterocycles. The molecule has 3 aromatic heterocycles. The number of fused-ring (bicyclic) bond motifs is 1. The Balaban J connectivity index is 2.25. The van der Waals surface area contributed by atoms with Gasteiger partial charge < -0.3 is 0 Å². The molecule has 23 heavy (non-hydrogen) atoms. The minimum Gasteiger partial charge on any atom is -0.253 e. The Bertz CT molecular complexity index is 976. The first kappa shape index (κ1) is 15.9. The molecule has 0 amide bonds. The van der Waals surface area contributed by atoms with Crippen LogP contribution in [0.25, 0.3) is 16.3 Å².